The van der Waals surface area contributed by atoms with Crippen molar-refractivity contribution in [2.24, 2.45) is 5.92 Å². The van der Waals surface area contributed by atoms with E-state index in [0.717, 1.165) is 18.5 Å². The largest absolute Gasteiger partial charge is 0.342 e. The Morgan fingerprint density at radius 3 is 2.72 bits per heavy atom. The molecule has 1 saturated carbocycles. The molecule has 1 aromatic rings. The number of rotatable bonds is 2. The Balaban J connectivity index is 1.87. The zero-order chi connectivity index (χ0) is 12.7. The first-order chi connectivity index (χ1) is 8.65. The molecule has 2 aliphatic rings. The monoisotopic (exact) mass is 245 g/mol. The molecule has 2 heterocycles. The minimum atomic E-state index is -0.340. The van der Waals surface area contributed by atoms with Crippen molar-refractivity contribution in [1.29, 1.82) is 0 Å². The Morgan fingerprint density at radius 2 is 2.11 bits per heavy atom. The van der Waals surface area contributed by atoms with Crippen molar-refractivity contribution in [2.45, 2.75) is 25.8 Å². The molecule has 1 aromatic heterocycles. The Bertz CT molecular complexity index is 493. The van der Waals surface area contributed by atoms with Gasteiger partial charge in [-0.2, -0.15) is 0 Å². The number of nitrogens with one attached hydrogen (secondary N) is 1. The molecule has 0 bridgehead atoms. The minimum absolute atomic E-state index is 0.0113. The van der Waals surface area contributed by atoms with Gasteiger partial charge in [-0.25, -0.2) is 0 Å². The number of hydrogen-bond donors (Lipinski definition) is 1. The fourth-order valence-corrected chi connectivity index (χ4v) is 2.26. The predicted octanol–water partition coefficient (Wildman–Crippen LogP) is 0.631. The van der Waals surface area contributed by atoms with Gasteiger partial charge in [0.25, 0.3) is 0 Å². The molecule has 1 unspecified atom stereocenters. The van der Waals surface area contributed by atoms with Crippen molar-refractivity contribution in [3.05, 3.63) is 24.0 Å². The Hall–Kier alpha value is -1.91. The summed E-state index contributed by atoms with van der Waals surface area (Å²) in [6.45, 7) is 1.98. The molecule has 18 heavy (non-hydrogen) atoms. The number of amides is 2. The fourth-order valence-electron chi connectivity index (χ4n) is 2.26. The van der Waals surface area contributed by atoms with Gasteiger partial charge in [0, 0.05) is 5.69 Å². The lowest BCUT2D eigenvalue weighted by Gasteiger charge is -2.32. The van der Waals surface area contributed by atoms with E-state index in [1.54, 1.807) is 6.20 Å². The third kappa shape index (κ3) is 1.96. The molecule has 1 N–H and O–H groups in total. The molecule has 94 valence electrons. The second kappa shape index (κ2) is 4.08. The molecular weight excluding hydrogens is 230 g/mol. The SMILES string of the molecule is Cc1ccc(N2CC(=O)NC(C3CC3)C2=O)cn1. The van der Waals surface area contributed by atoms with Crippen LogP contribution in [0.4, 0.5) is 5.69 Å². The first kappa shape index (κ1) is 11.2. The molecule has 0 spiro atoms. The minimum Gasteiger partial charge on any atom is -0.342 e. The van der Waals surface area contributed by atoms with E-state index in [-0.39, 0.29) is 24.4 Å². The van der Waals surface area contributed by atoms with Gasteiger partial charge >= 0.3 is 0 Å². The van der Waals surface area contributed by atoms with Crippen molar-refractivity contribution in [2.75, 3.05) is 11.4 Å². The number of carbonyl (C=O) groups excluding carboxylic acids is 2. The second-order valence-corrected chi connectivity index (χ2v) is 4.96. The number of hydrogen-bond acceptors (Lipinski definition) is 3. The van der Waals surface area contributed by atoms with Crippen molar-refractivity contribution >= 4 is 17.5 Å². The number of carbonyl (C=O) groups is 2. The molecule has 0 aromatic carbocycles. The van der Waals surface area contributed by atoms with Gasteiger partial charge in [-0.15, -0.1) is 0 Å². The third-order valence-corrected chi connectivity index (χ3v) is 3.45. The maximum atomic E-state index is 12.3. The lowest BCUT2D eigenvalue weighted by atomic mass is 10.1. The number of pyridine rings is 1. The maximum absolute atomic E-state index is 12.3. The van der Waals surface area contributed by atoms with Gasteiger partial charge in [0.05, 0.1) is 11.9 Å². The van der Waals surface area contributed by atoms with E-state index in [4.69, 9.17) is 0 Å². The summed E-state index contributed by atoms with van der Waals surface area (Å²) >= 11 is 0. The number of aryl methyl sites for hydroxylation is 1. The molecular formula is C13H15N3O2. The summed E-state index contributed by atoms with van der Waals surface area (Å²) in [5.74, 6) is 0.220. The van der Waals surface area contributed by atoms with E-state index in [9.17, 15) is 9.59 Å². The van der Waals surface area contributed by atoms with E-state index in [1.807, 2.05) is 19.1 Å². The van der Waals surface area contributed by atoms with Gasteiger partial charge in [0.1, 0.15) is 12.6 Å². The lowest BCUT2D eigenvalue weighted by Crippen LogP contribution is -2.59. The van der Waals surface area contributed by atoms with E-state index in [1.165, 1.54) is 4.90 Å². The van der Waals surface area contributed by atoms with Crippen LogP contribution in [0.3, 0.4) is 0 Å². The van der Waals surface area contributed by atoms with E-state index in [2.05, 4.69) is 10.3 Å². The summed E-state index contributed by atoms with van der Waals surface area (Å²) in [6, 6.07) is 3.34. The Morgan fingerprint density at radius 1 is 1.33 bits per heavy atom. The van der Waals surface area contributed by atoms with Gasteiger partial charge in [-0.3, -0.25) is 19.5 Å². The first-order valence-corrected chi connectivity index (χ1v) is 6.18. The van der Waals surface area contributed by atoms with Crippen LogP contribution in [-0.4, -0.2) is 29.4 Å². The number of piperazine rings is 1. The van der Waals surface area contributed by atoms with Gasteiger partial charge in [0.2, 0.25) is 11.8 Å². The molecule has 1 aliphatic heterocycles. The highest BCUT2D eigenvalue weighted by molar-refractivity contribution is 6.06. The highest BCUT2D eigenvalue weighted by Crippen LogP contribution is 2.35. The average molecular weight is 245 g/mol. The average Bonchev–Trinajstić information content (AvgIpc) is 3.17. The first-order valence-electron chi connectivity index (χ1n) is 6.18. The second-order valence-electron chi connectivity index (χ2n) is 4.96. The van der Waals surface area contributed by atoms with Crippen LogP contribution in [0.1, 0.15) is 18.5 Å². The molecule has 2 fully saturated rings. The number of aromatic nitrogens is 1. The fraction of sp³-hybridized carbons (Fsp3) is 0.462. The van der Waals surface area contributed by atoms with Crippen molar-refractivity contribution in [3.8, 4) is 0 Å². The summed E-state index contributed by atoms with van der Waals surface area (Å²) in [7, 11) is 0. The summed E-state index contributed by atoms with van der Waals surface area (Å²) in [6.07, 6.45) is 3.70. The van der Waals surface area contributed by atoms with Crippen LogP contribution in [0.25, 0.3) is 0 Å². The molecule has 5 heteroatoms. The van der Waals surface area contributed by atoms with Gasteiger partial charge in [0.15, 0.2) is 0 Å². The van der Waals surface area contributed by atoms with E-state index < -0.39 is 0 Å². The Labute approximate surface area is 105 Å². The topological polar surface area (TPSA) is 62.3 Å². The van der Waals surface area contributed by atoms with Crippen molar-refractivity contribution in [1.82, 2.24) is 10.3 Å². The zero-order valence-corrected chi connectivity index (χ0v) is 10.2. The van der Waals surface area contributed by atoms with Gasteiger partial charge in [-0.1, -0.05) is 0 Å². The van der Waals surface area contributed by atoms with Gasteiger partial charge < -0.3 is 5.32 Å². The van der Waals surface area contributed by atoms with E-state index in [0.29, 0.717) is 11.6 Å². The summed E-state index contributed by atoms with van der Waals surface area (Å²) in [5.41, 5.74) is 1.59. The standard InChI is InChI=1S/C13H15N3O2/c1-8-2-5-10(6-14-8)16-7-11(17)15-12(13(16)18)9-3-4-9/h2,5-6,9,12H,3-4,7H2,1H3,(H,15,17). The van der Waals surface area contributed by atoms with Crippen LogP contribution in [0.5, 0.6) is 0 Å². The van der Waals surface area contributed by atoms with Crippen LogP contribution in [0, 0.1) is 12.8 Å². The quantitative estimate of drug-likeness (QED) is 0.831. The van der Waals surface area contributed by atoms with Crippen molar-refractivity contribution < 1.29 is 9.59 Å². The highest BCUT2D eigenvalue weighted by atomic mass is 16.2. The van der Waals surface area contributed by atoms with Crippen LogP contribution in [-0.2, 0) is 9.59 Å². The summed E-state index contributed by atoms with van der Waals surface area (Å²) in [5, 5.41) is 2.79. The molecule has 2 amide bonds. The number of nitrogens with zero attached hydrogens (tertiary/aromatic N) is 2. The summed E-state index contributed by atoms with van der Waals surface area (Å²) in [4.78, 5) is 29.7. The molecule has 1 atom stereocenters. The highest BCUT2D eigenvalue weighted by Gasteiger charge is 2.43. The molecule has 0 radical (unpaired) electrons. The van der Waals surface area contributed by atoms with E-state index >= 15 is 0 Å². The predicted molar refractivity (Wildman–Crippen MR) is 66.0 cm³/mol. The third-order valence-electron chi connectivity index (χ3n) is 3.45. The molecule has 3 rings (SSSR count). The molecule has 1 saturated heterocycles. The van der Waals surface area contributed by atoms with Gasteiger partial charge in [-0.05, 0) is 37.8 Å². The van der Waals surface area contributed by atoms with Crippen LogP contribution >= 0.6 is 0 Å². The van der Waals surface area contributed by atoms with Crippen LogP contribution in [0.2, 0.25) is 0 Å². The van der Waals surface area contributed by atoms with Crippen LogP contribution < -0.4 is 10.2 Å². The molecule has 1 aliphatic carbocycles. The number of anilines is 1. The zero-order valence-electron chi connectivity index (χ0n) is 10.2. The van der Waals surface area contributed by atoms with Crippen LogP contribution in [0.15, 0.2) is 18.3 Å². The summed E-state index contributed by atoms with van der Waals surface area (Å²) < 4.78 is 0. The smallest absolute Gasteiger partial charge is 0.250 e. The Kier molecular flexibility index (Phi) is 2.54. The molecule has 5 nitrogen and oxygen atoms in total. The lowest BCUT2D eigenvalue weighted by molar-refractivity contribution is -0.131. The normalized spacial score (nSPS) is 24.1. The maximum Gasteiger partial charge on any atom is 0.250 e. The van der Waals surface area contributed by atoms with Crippen molar-refractivity contribution in [3.63, 3.8) is 0 Å².